The lowest BCUT2D eigenvalue weighted by molar-refractivity contribution is -0.996. The first kappa shape index (κ1) is 17.3. The maximum absolute atomic E-state index is 11.9. The summed E-state index contributed by atoms with van der Waals surface area (Å²) in [5.74, 6) is -1.13. The first-order chi connectivity index (χ1) is 10.8. The van der Waals surface area contributed by atoms with E-state index in [1.165, 1.54) is 12.1 Å². The van der Waals surface area contributed by atoms with Crippen LogP contribution in [0.1, 0.15) is 6.42 Å². The van der Waals surface area contributed by atoms with Crippen LogP contribution < -0.4 is 21.5 Å². The number of quaternary nitrogens is 2. The lowest BCUT2D eigenvalue weighted by Crippen LogP contribution is -3.00. The van der Waals surface area contributed by atoms with Crippen molar-refractivity contribution < 1.29 is 30.5 Å². The van der Waals surface area contributed by atoms with E-state index in [0.717, 1.165) is 17.8 Å². The number of hydrogen-bond donors (Lipinski definition) is 6. The molecule has 1 aromatic carbocycles. The minimum Gasteiger partial charge on any atom is -0.595 e. The number of hydrogen-bond acceptors (Lipinski definition) is 8. The van der Waals surface area contributed by atoms with Gasteiger partial charge in [-0.05, 0) is 6.07 Å². The molecule has 0 spiro atoms. The van der Waals surface area contributed by atoms with Crippen molar-refractivity contribution in [3.63, 3.8) is 0 Å². The van der Waals surface area contributed by atoms with Crippen LogP contribution >= 0.6 is 11.8 Å². The molecule has 7 N–H and O–H groups in total. The van der Waals surface area contributed by atoms with Gasteiger partial charge in [-0.3, -0.25) is 9.59 Å². The maximum Gasteiger partial charge on any atom is 0.262 e. The normalized spacial score (nSPS) is 20.1. The van der Waals surface area contributed by atoms with E-state index in [1.807, 2.05) is 0 Å². The summed E-state index contributed by atoms with van der Waals surface area (Å²) in [6.45, 7) is 0. The minimum atomic E-state index is -1.39. The zero-order chi connectivity index (χ0) is 17.1. The molecule has 1 aliphatic rings. The number of aliphatic imine (C=N–C) groups is 1. The molecule has 3 unspecified atom stereocenters. The quantitative estimate of drug-likeness (QED) is 0.325. The smallest absolute Gasteiger partial charge is 0.262 e. The van der Waals surface area contributed by atoms with Crippen molar-refractivity contribution >= 4 is 45.8 Å². The summed E-state index contributed by atoms with van der Waals surface area (Å²) in [5, 5.41) is 39.0. The van der Waals surface area contributed by atoms with E-state index >= 15 is 0 Å². The van der Waals surface area contributed by atoms with E-state index < -0.39 is 27.5 Å². The Morgan fingerprint density at radius 1 is 1.39 bits per heavy atom. The van der Waals surface area contributed by atoms with Gasteiger partial charge in [0.25, 0.3) is 5.91 Å². The number of rotatable bonds is 5. The number of anilines is 1. The van der Waals surface area contributed by atoms with Gasteiger partial charge in [-0.25, -0.2) is 10.4 Å². The number of benzene rings is 1. The average molecular weight is 343 g/mol. The van der Waals surface area contributed by atoms with Crippen molar-refractivity contribution in [2.75, 3.05) is 5.32 Å². The van der Waals surface area contributed by atoms with E-state index in [0.29, 0.717) is 0 Å². The van der Waals surface area contributed by atoms with Crippen LogP contribution in [0.4, 0.5) is 17.1 Å². The van der Waals surface area contributed by atoms with E-state index in [1.54, 1.807) is 0 Å². The summed E-state index contributed by atoms with van der Waals surface area (Å²) in [6, 6.07) is 3.29. The minimum absolute atomic E-state index is 0.0585. The van der Waals surface area contributed by atoms with Crippen LogP contribution in [-0.2, 0) is 9.59 Å². The Balaban J connectivity index is 2.10. The van der Waals surface area contributed by atoms with Crippen molar-refractivity contribution in [3.05, 3.63) is 28.6 Å². The number of nitrogens with zero attached hydrogens (tertiary/aromatic N) is 1. The first-order valence-corrected chi connectivity index (χ1v) is 7.11. The van der Waals surface area contributed by atoms with Gasteiger partial charge in [0.2, 0.25) is 5.91 Å². The van der Waals surface area contributed by atoms with Crippen LogP contribution in [0.15, 0.2) is 23.2 Å². The third-order valence-corrected chi connectivity index (χ3v) is 3.89. The third kappa shape index (κ3) is 4.23. The molecule has 0 aliphatic carbocycles. The van der Waals surface area contributed by atoms with Crippen LogP contribution in [0.2, 0.25) is 0 Å². The molecule has 1 heterocycles. The van der Waals surface area contributed by atoms with Crippen molar-refractivity contribution in [2.45, 2.75) is 11.7 Å². The molecular weight excluding hydrogens is 330 g/mol. The van der Waals surface area contributed by atoms with E-state index in [-0.39, 0.29) is 28.7 Å². The van der Waals surface area contributed by atoms with Gasteiger partial charge in [-0.2, -0.15) is 15.4 Å². The second kappa shape index (κ2) is 7.01. The van der Waals surface area contributed by atoms with E-state index in [9.17, 15) is 20.0 Å². The predicted octanol–water partition coefficient (Wildman–Crippen LogP) is -2.22. The van der Waals surface area contributed by atoms with Crippen LogP contribution in [-0.4, -0.2) is 32.6 Å². The molecule has 11 nitrogen and oxygen atoms in total. The van der Waals surface area contributed by atoms with Crippen LogP contribution in [0.5, 0.6) is 0 Å². The average Bonchev–Trinajstić information content (AvgIpc) is 2.76. The molecule has 2 amide bonds. The van der Waals surface area contributed by atoms with Crippen LogP contribution in [0, 0.1) is 10.4 Å². The molecule has 2 rings (SSSR count). The monoisotopic (exact) mass is 343 g/mol. The molecule has 3 atom stereocenters. The van der Waals surface area contributed by atoms with Gasteiger partial charge < -0.3 is 21.5 Å². The predicted molar refractivity (Wildman–Crippen MR) is 79.2 cm³/mol. The summed E-state index contributed by atoms with van der Waals surface area (Å²) in [7, 11) is 0. The number of amides is 2. The fourth-order valence-corrected chi connectivity index (χ4v) is 2.69. The highest BCUT2D eigenvalue weighted by atomic mass is 32.2. The zero-order valence-electron chi connectivity index (χ0n) is 11.5. The third-order valence-electron chi connectivity index (χ3n) is 2.90. The summed E-state index contributed by atoms with van der Waals surface area (Å²) >= 11 is 0.953. The Kier molecular flexibility index (Phi) is 5.27. The molecule has 23 heavy (non-hydrogen) atoms. The molecule has 0 saturated carbocycles. The summed E-state index contributed by atoms with van der Waals surface area (Å²) in [5.41, 5.74) is 4.74. The first-order valence-electron chi connectivity index (χ1n) is 6.23. The molecule has 124 valence electrons. The Bertz CT molecular complexity index is 664. The van der Waals surface area contributed by atoms with Crippen molar-refractivity contribution in [1.82, 2.24) is 0 Å². The Hall–Kier alpha value is -2.06. The van der Waals surface area contributed by atoms with Crippen LogP contribution in [0.3, 0.4) is 0 Å². The lowest BCUT2D eigenvalue weighted by Gasteiger charge is -2.19. The van der Waals surface area contributed by atoms with Gasteiger partial charge in [-0.15, -0.1) is 0 Å². The largest absolute Gasteiger partial charge is 0.595 e. The zero-order valence-corrected chi connectivity index (χ0v) is 12.3. The van der Waals surface area contributed by atoms with Gasteiger partial charge >= 0.3 is 0 Å². The Labute approximate surface area is 133 Å². The highest BCUT2D eigenvalue weighted by Crippen LogP contribution is 2.25. The van der Waals surface area contributed by atoms with Crippen LogP contribution in [0.25, 0.3) is 0 Å². The molecule has 0 bridgehead atoms. The number of thioether (sulfide) groups is 1. The van der Waals surface area contributed by atoms with Gasteiger partial charge in [0.15, 0.2) is 16.5 Å². The fraction of sp³-hybridized carbons (Fsp3) is 0.182. The second-order valence-electron chi connectivity index (χ2n) is 4.52. The fourth-order valence-electron chi connectivity index (χ4n) is 1.86. The molecule has 0 saturated heterocycles. The van der Waals surface area contributed by atoms with Crippen molar-refractivity contribution in [2.24, 2.45) is 10.7 Å². The molecule has 12 heteroatoms. The maximum atomic E-state index is 11.9. The second-order valence-corrected chi connectivity index (χ2v) is 5.74. The number of amidine groups is 1. The molecule has 1 aromatic rings. The van der Waals surface area contributed by atoms with E-state index in [2.05, 4.69) is 10.3 Å². The van der Waals surface area contributed by atoms with Gasteiger partial charge in [0, 0.05) is 12.5 Å². The highest BCUT2D eigenvalue weighted by Gasteiger charge is 2.29. The van der Waals surface area contributed by atoms with Gasteiger partial charge in [-0.1, -0.05) is 11.8 Å². The van der Waals surface area contributed by atoms with Crippen molar-refractivity contribution in [3.8, 4) is 0 Å². The molecule has 0 aromatic heterocycles. The molecule has 1 aliphatic heterocycles. The standard InChI is InChI=1S/C11H13N5O6S/c12-11-14-10(18)8(23-11)4-9(17)13-6-2-1-5(15(19)20)3-7(6)16(21)22/h1-3,8,15-16,19,21H,4H2,(H,13,17)(H2,12,14,18). The summed E-state index contributed by atoms with van der Waals surface area (Å²) in [4.78, 5) is 26.9. The number of carbonyl (C=O) groups excluding carboxylic acids is 2. The molecular formula is C11H13N5O6S. The van der Waals surface area contributed by atoms with Gasteiger partial charge in [0.1, 0.15) is 10.9 Å². The molecule has 0 fully saturated rings. The summed E-state index contributed by atoms with van der Waals surface area (Å²) in [6.07, 6.45) is -0.229. The number of nitrogens with one attached hydrogen (secondary N) is 3. The lowest BCUT2D eigenvalue weighted by atomic mass is 10.2. The molecule has 0 radical (unpaired) electrons. The highest BCUT2D eigenvalue weighted by molar-refractivity contribution is 8.15. The Morgan fingerprint density at radius 2 is 2.09 bits per heavy atom. The number of nitrogens with two attached hydrogens (primary N) is 1. The number of carbonyl (C=O) groups is 2. The SMILES string of the molecule is NC1=NC(=O)C(CC(=O)Nc2ccc([NH+]([O-])O)cc2[NH+]([O-])O)S1. The Morgan fingerprint density at radius 3 is 2.61 bits per heavy atom. The topological polar surface area (TPSA) is 180 Å². The van der Waals surface area contributed by atoms with E-state index in [4.69, 9.17) is 16.1 Å². The van der Waals surface area contributed by atoms with Gasteiger partial charge in [0.05, 0.1) is 6.07 Å². The summed E-state index contributed by atoms with van der Waals surface area (Å²) < 4.78 is 0. The van der Waals surface area contributed by atoms with Crippen molar-refractivity contribution in [1.29, 1.82) is 0 Å².